The highest BCUT2D eigenvalue weighted by atomic mass is 16.6. The summed E-state index contributed by atoms with van der Waals surface area (Å²) < 4.78 is 13.7. The maximum atomic E-state index is 13.4. The number of hydrogen-bond donors (Lipinski definition) is 3. The Labute approximate surface area is 297 Å². The maximum Gasteiger partial charge on any atom is 0.410 e. The van der Waals surface area contributed by atoms with Gasteiger partial charge in [-0.1, -0.05) is 43.0 Å². The Morgan fingerprint density at radius 1 is 0.940 bits per heavy atom. The van der Waals surface area contributed by atoms with Crippen LogP contribution in [0, 0.1) is 5.92 Å². The van der Waals surface area contributed by atoms with E-state index in [0.717, 1.165) is 47.8 Å². The molecule has 1 saturated carbocycles. The van der Waals surface area contributed by atoms with E-state index in [4.69, 9.17) is 25.4 Å². The second kappa shape index (κ2) is 17.2. The molecule has 4 rings (SSSR count). The molecular formula is C38H58N6O6. The number of hydrogen-bond acceptors (Lipinski definition) is 9. The quantitative estimate of drug-likeness (QED) is 0.184. The van der Waals surface area contributed by atoms with E-state index < -0.39 is 17.0 Å². The molecule has 0 bridgehead atoms. The van der Waals surface area contributed by atoms with Crippen LogP contribution < -0.4 is 5.73 Å². The standard InChI is InChI=1S/C35H50N6O4.C3H8O2/c1-8-27-23-41(31-29(27)30(36)37-24-38-31)28-16-15-26(21-28)22-40(33(43)45-35(5,6)7)19-12-18-39(32(42)44-34(2,3)4)20-17-25-13-10-9-11-14-25;1-3(2,4)5/h8-11,13-14,23-24,26,28H,1,12,15-22H2,2-7H3,(H2,36,37,38);4-5H,1-2H3/t26-,28+;/m1./s1. The predicted molar refractivity (Wildman–Crippen MR) is 197 cm³/mol. The Hall–Kier alpha value is -4.16. The Bertz CT molecular complexity index is 1550. The molecule has 1 fully saturated rings. The summed E-state index contributed by atoms with van der Waals surface area (Å²) in [6, 6.07) is 10.3. The van der Waals surface area contributed by atoms with Crippen LogP contribution in [0.15, 0.2) is 49.4 Å². The van der Waals surface area contributed by atoms with Crippen molar-refractivity contribution in [3.05, 3.63) is 60.6 Å². The molecular weight excluding hydrogens is 636 g/mol. The van der Waals surface area contributed by atoms with Crippen LogP contribution in [-0.4, -0.2) is 89.9 Å². The summed E-state index contributed by atoms with van der Waals surface area (Å²) in [6.45, 7) is 19.8. The molecule has 50 heavy (non-hydrogen) atoms. The van der Waals surface area contributed by atoms with E-state index in [1.807, 2.05) is 64.6 Å². The fourth-order valence-corrected chi connectivity index (χ4v) is 5.92. The molecule has 2 heterocycles. The first-order chi connectivity index (χ1) is 23.2. The second-order valence-corrected chi connectivity index (χ2v) is 15.5. The van der Waals surface area contributed by atoms with Crippen LogP contribution in [0.5, 0.6) is 0 Å². The van der Waals surface area contributed by atoms with Crippen molar-refractivity contribution in [3.8, 4) is 0 Å². The number of fused-ring (bicyclic) bond motifs is 1. The van der Waals surface area contributed by atoms with Gasteiger partial charge in [-0.2, -0.15) is 0 Å². The van der Waals surface area contributed by atoms with Crippen molar-refractivity contribution in [1.29, 1.82) is 0 Å². The number of ether oxygens (including phenoxy) is 2. The number of anilines is 1. The van der Waals surface area contributed by atoms with Crippen molar-refractivity contribution in [2.45, 2.75) is 111 Å². The number of nitrogens with two attached hydrogens (primary N) is 1. The Morgan fingerprint density at radius 2 is 1.52 bits per heavy atom. The lowest BCUT2D eigenvalue weighted by atomic mass is 10.1. The normalized spacial score (nSPS) is 16.4. The third kappa shape index (κ3) is 13.3. The zero-order chi connectivity index (χ0) is 37.3. The highest BCUT2D eigenvalue weighted by molar-refractivity contribution is 5.94. The summed E-state index contributed by atoms with van der Waals surface area (Å²) in [5.74, 6) is -0.769. The molecule has 2 aromatic heterocycles. The fourth-order valence-electron chi connectivity index (χ4n) is 5.92. The first-order valence-electron chi connectivity index (χ1n) is 17.4. The maximum absolute atomic E-state index is 13.4. The molecule has 2 atom stereocenters. The highest BCUT2D eigenvalue weighted by Crippen LogP contribution is 2.39. The second-order valence-electron chi connectivity index (χ2n) is 15.5. The fraction of sp³-hybridized carbons (Fsp3) is 0.579. The lowest BCUT2D eigenvalue weighted by Gasteiger charge is -2.31. The van der Waals surface area contributed by atoms with E-state index in [0.29, 0.717) is 38.4 Å². The van der Waals surface area contributed by atoms with E-state index in [-0.39, 0.29) is 24.1 Å². The Kier molecular flexibility index (Phi) is 13.8. The van der Waals surface area contributed by atoms with Crippen molar-refractivity contribution < 1.29 is 29.3 Å². The number of carbonyl (C=O) groups excluding carboxylic acids is 2. The molecule has 0 radical (unpaired) electrons. The van der Waals surface area contributed by atoms with Crippen molar-refractivity contribution in [2.24, 2.45) is 5.92 Å². The van der Waals surface area contributed by atoms with E-state index in [2.05, 4.69) is 39.4 Å². The number of aromatic nitrogens is 3. The third-order valence-corrected chi connectivity index (χ3v) is 7.95. The molecule has 0 aliphatic heterocycles. The Morgan fingerprint density at radius 3 is 2.10 bits per heavy atom. The van der Waals surface area contributed by atoms with Crippen molar-refractivity contribution in [1.82, 2.24) is 24.3 Å². The number of nitrogens with zero attached hydrogens (tertiary/aromatic N) is 5. The Balaban J connectivity index is 0.00000126. The molecule has 3 aromatic rings. The zero-order valence-electron chi connectivity index (χ0n) is 31.2. The van der Waals surface area contributed by atoms with Crippen molar-refractivity contribution in [2.75, 3.05) is 31.9 Å². The van der Waals surface area contributed by atoms with Crippen LogP contribution in [0.1, 0.15) is 98.2 Å². The molecule has 276 valence electrons. The van der Waals surface area contributed by atoms with Crippen molar-refractivity contribution >= 4 is 35.1 Å². The molecule has 0 saturated heterocycles. The van der Waals surface area contributed by atoms with Gasteiger partial charge in [0.1, 0.15) is 29.0 Å². The van der Waals surface area contributed by atoms with Gasteiger partial charge in [0.25, 0.3) is 0 Å². The number of amides is 2. The minimum atomic E-state index is -1.50. The molecule has 2 amide bonds. The topological polar surface area (TPSA) is 156 Å². The lowest BCUT2D eigenvalue weighted by Crippen LogP contribution is -2.42. The van der Waals surface area contributed by atoms with Gasteiger partial charge in [-0.25, -0.2) is 19.6 Å². The lowest BCUT2D eigenvalue weighted by molar-refractivity contribution is -0.127. The van der Waals surface area contributed by atoms with Gasteiger partial charge >= 0.3 is 12.2 Å². The average Bonchev–Trinajstić information content (AvgIpc) is 3.61. The summed E-state index contributed by atoms with van der Waals surface area (Å²) in [6.07, 6.45) is 8.81. The van der Waals surface area contributed by atoms with Crippen LogP contribution >= 0.6 is 0 Å². The van der Waals surface area contributed by atoms with Crippen LogP contribution in [0.2, 0.25) is 0 Å². The van der Waals surface area contributed by atoms with Crippen LogP contribution in [0.3, 0.4) is 0 Å². The smallest absolute Gasteiger partial charge is 0.410 e. The summed E-state index contributed by atoms with van der Waals surface area (Å²) in [5.41, 5.74) is 7.86. The largest absolute Gasteiger partial charge is 0.444 e. The summed E-state index contributed by atoms with van der Waals surface area (Å²) in [5, 5.41) is 17.0. The van der Waals surface area contributed by atoms with Gasteiger partial charge in [0.2, 0.25) is 0 Å². The van der Waals surface area contributed by atoms with Gasteiger partial charge < -0.3 is 39.8 Å². The number of carbonyl (C=O) groups is 2. The van der Waals surface area contributed by atoms with Crippen LogP contribution in [-0.2, 0) is 15.9 Å². The van der Waals surface area contributed by atoms with Gasteiger partial charge in [-0.3, -0.25) is 0 Å². The summed E-state index contributed by atoms with van der Waals surface area (Å²) in [7, 11) is 0. The first kappa shape index (κ1) is 40.3. The minimum absolute atomic E-state index is 0.224. The van der Waals surface area contributed by atoms with Gasteiger partial charge in [-0.15, -0.1) is 0 Å². The van der Waals surface area contributed by atoms with E-state index in [1.54, 1.807) is 11.0 Å². The van der Waals surface area contributed by atoms with Gasteiger partial charge in [-0.05, 0) is 99.0 Å². The first-order valence-corrected chi connectivity index (χ1v) is 17.4. The molecule has 0 unspecified atom stereocenters. The molecule has 1 aliphatic carbocycles. The summed E-state index contributed by atoms with van der Waals surface area (Å²) >= 11 is 0. The third-order valence-electron chi connectivity index (χ3n) is 7.95. The SMILES string of the molecule is C=Cc1cn([C@H]2CC[C@@H](CN(CCCN(CCc3ccccc3)C(=O)OC(C)(C)C)C(=O)OC(C)(C)C)C2)c2ncnc(N)c12.CC(C)(O)O. The molecule has 4 N–H and O–H groups in total. The highest BCUT2D eigenvalue weighted by Gasteiger charge is 2.32. The molecule has 0 spiro atoms. The van der Waals surface area contributed by atoms with Crippen molar-refractivity contribution in [3.63, 3.8) is 0 Å². The molecule has 12 heteroatoms. The number of rotatable bonds is 11. The minimum Gasteiger partial charge on any atom is -0.444 e. The average molecular weight is 695 g/mol. The van der Waals surface area contributed by atoms with Gasteiger partial charge in [0.15, 0.2) is 5.79 Å². The predicted octanol–water partition coefficient (Wildman–Crippen LogP) is 6.81. The van der Waals surface area contributed by atoms with E-state index in [1.165, 1.54) is 20.2 Å². The zero-order valence-corrected chi connectivity index (χ0v) is 31.2. The molecule has 12 nitrogen and oxygen atoms in total. The molecule has 1 aliphatic rings. The summed E-state index contributed by atoms with van der Waals surface area (Å²) in [4.78, 5) is 38.8. The number of nitrogen functional groups attached to an aromatic ring is 1. The van der Waals surface area contributed by atoms with Gasteiger partial charge in [0.05, 0.1) is 5.39 Å². The van der Waals surface area contributed by atoms with E-state index in [9.17, 15) is 9.59 Å². The number of benzene rings is 1. The number of aliphatic hydroxyl groups is 2. The van der Waals surface area contributed by atoms with E-state index >= 15 is 0 Å². The van der Waals surface area contributed by atoms with Crippen LogP contribution in [0.4, 0.5) is 15.4 Å². The molecule has 1 aromatic carbocycles. The monoisotopic (exact) mass is 694 g/mol. The van der Waals surface area contributed by atoms with Gasteiger partial charge in [0, 0.05) is 44.0 Å². The van der Waals surface area contributed by atoms with Crippen LogP contribution in [0.25, 0.3) is 17.1 Å².